The predicted molar refractivity (Wildman–Crippen MR) is 105 cm³/mol. The summed E-state index contributed by atoms with van der Waals surface area (Å²) in [4.78, 5) is 0. The monoisotopic (exact) mass is 404 g/mol. The minimum absolute atomic E-state index is 0.0659. The van der Waals surface area contributed by atoms with Gasteiger partial charge in [0.2, 0.25) is 6.29 Å². The number of benzene rings is 1. The average molecular weight is 405 g/mol. The molecule has 1 aliphatic heterocycles. The van der Waals surface area contributed by atoms with Gasteiger partial charge in [-0.15, -0.1) is 0 Å². The topological polar surface area (TPSA) is 99.4 Å². The Hall–Kier alpha value is -1.18. The van der Waals surface area contributed by atoms with E-state index in [9.17, 15) is 20.4 Å². The zero-order chi connectivity index (χ0) is 20.3. The molecule has 6 nitrogen and oxygen atoms in total. The molecule has 3 fully saturated rings. The second-order valence-corrected chi connectivity index (χ2v) is 9.78. The zero-order valence-electron chi connectivity index (χ0n) is 16.9. The first-order chi connectivity index (χ1) is 13.9. The average Bonchev–Trinajstić information content (AvgIpc) is 3.03. The Balaban J connectivity index is 1.34. The SMILES string of the molecule is C[C@]12CCC3c4ccc(O[C@@H]5OC[C@@H](O)[C@H](O)[C@H]5O)cc4CCC3C1CC[C@@H]2O. The van der Waals surface area contributed by atoms with Crippen molar-refractivity contribution < 1.29 is 29.9 Å². The van der Waals surface area contributed by atoms with Gasteiger partial charge in [0.15, 0.2) is 0 Å². The van der Waals surface area contributed by atoms with E-state index in [0.29, 0.717) is 23.5 Å². The molecule has 29 heavy (non-hydrogen) atoms. The summed E-state index contributed by atoms with van der Waals surface area (Å²) in [6.07, 6.45) is 1.61. The van der Waals surface area contributed by atoms with Gasteiger partial charge in [0.1, 0.15) is 24.1 Å². The van der Waals surface area contributed by atoms with Gasteiger partial charge in [-0.1, -0.05) is 13.0 Å². The highest BCUT2D eigenvalue weighted by Gasteiger charge is 2.54. The number of aryl methyl sites for hydroxylation is 1. The zero-order valence-corrected chi connectivity index (χ0v) is 16.9. The van der Waals surface area contributed by atoms with E-state index in [4.69, 9.17) is 9.47 Å². The number of fused-ring (bicyclic) bond motifs is 5. The van der Waals surface area contributed by atoms with Gasteiger partial charge in [-0.3, -0.25) is 0 Å². The molecule has 9 atom stereocenters. The fourth-order valence-corrected chi connectivity index (χ4v) is 6.62. The van der Waals surface area contributed by atoms with Gasteiger partial charge in [-0.2, -0.15) is 0 Å². The van der Waals surface area contributed by atoms with E-state index >= 15 is 0 Å². The molecule has 1 aromatic rings. The maximum atomic E-state index is 10.5. The molecule has 2 saturated carbocycles. The summed E-state index contributed by atoms with van der Waals surface area (Å²) in [5, 5.41) is 40.1. The van der Waals surface area contributed by atoms with Crippen LogP contribution in [0, 0.1) is 17.3 Å². The lowest BCUT2D eigenvalue weighted by molar-refractivity contribution is -0.242. The molecule has 0 radical (unpaired) electrons. The van der Waals surface area contributed by atoms with Crippen LogP contribution in [-0.2, 0) is 11.2 Å². The molecule has 0 aromatic heterocycles. The second-order valence-electron chi connectivity index (χ2n) is 9.78. The van der Waals surface area contributed by atoms with Crippen molar-refractivity contribution in [3.63, 3.8) is 0 Å². The van der Waals surface area contributed by atoms with Crippen LogP contribution in [0.25, 0.3) is 0 Å². The van der Waals surface area contributed by atoms with Gasteiger partial charge in [0.25, 0.3) is 0 Å². The number of rotatable bonds is 2. The lowest BCUT2D eigenvalue weighted by Gasteiger charge is -2.50. The van der Waals surface area contributed by atoms with Gasteiger partial charge >= 0.3 is 0 Å². The molecule has 1 aromatic carbocycles. The Labute approximate surface area is 171 Å². The van der Waals surface area contributed by atoms with Crippen molar-refractivity contribution in [2.24, 2.45) is 17.3 Å². The van der Waals surface area contributed by atoms with E-state index in [-0.39, 0.29) is 18.1 Å². The summed E-state index contributed by atoms with van der Waals surface area (Å²) in [6.45, 7) is 2.22. The molecule has 1 heterocycles. The molecular weight excluding hydrogens is 372 g/mol. The summed E-state index contributed by atoms with van der Waals surface area (Å²) >= 11 is 0. The third-order valence-corrected chi connectivity index (χ3v) is 8.35. The highest BCUT2D eigenvalue weighted by molar-refractivity contribution is 5.41. The molecule has 0 bridgehead atoms. The van der Waals surface area contributed by atoms with Crippen molar-refractivity contribution in [2.45, 2.75) is 82.1 Å². The summed E-state index contributed by atoms with van der Waals surface area (Å²) < 4.78 is 11.2. The Morgan fingerprint density at radius 3 is 2.69 bits per heavy atom. The Morgan fingerprint density at radius 2 is 1.86 bits per heavy atom. The molecular formula is C23H32O6. The summed E-state index contributed by atoms with van der Waals surface area (Å²) in [5.41, 5.74) is 2.77. The molecule has 3 aliphatic carbocycles. The number of ether oxygens (including phenoxy) is 2. The molecule has 1 saturated heterocycles. The molecule has 4 N–H and O–H groups in total. The minimum Gasteiger partial charge on any atom is -0.462 e. The first-order valence-electron chi connectivity index (χ1n) is 11.0. The van der Waals surface area contributed by atoms with Crippen molar-refractivity contribution in [1.29, 1.82) is 0 Å². The Bertz CT molecular complexity index is 768. The summed E-state index contributed by atoms with van der Waals surface area (Å²) in [7, 11) is 0. The highest BCUT2D eigenvalue weighted by atomic mass is 16.7. The molecule has 6 heteroatoms. The number of aliphatic hydroxyl groups excluding tert-OH is 4. The maximum Gasteiger partial charge on any atom is 0.228 e. The molecule has 0 amide bonds. The normalized spacial score (nSPS) is 46.5. The van der Waals surface area contributed by atoms with Crippen LogP contribution >= 0.6 is 0 Å². The van der Waals surface area contributed by atoms with E-state index in [0.717, 1.165) is 38.5 Å². The van der Waals surface area contributed by atoms with E-state index in [1.165, 1.54) is 11.1 Å². The summed E-state index contributed by atoms with van der Waals surface area (Å²) in [5.74, 6) is 2.42. The van der Waals surface area contributed by atoms with Crippen molar-refractivity contribution in [1.82, 2.24) is 0 Å². The fraction of sp³-hybridized carbons (Fsp3) is 0.739. The van der Waals surface area contributed by atoms with Gasteiger partial charge in [-0.25, -0.2) is 0 Å². The van der Waals surface area contributed by atoms with Gasteiger partial charge in [-0.05, 0) is 85.0 Å². The van der Waals surface area contributed by atoms with Crippen LogP contribution in [0.2, 0.25) is 0 Å². The van der Waals surface area contributed by atoms with Crippen LogP contribution in [0.4, 0.5) is 0 Å². The third-order valence-electron chi connectivity index (χ3n) is 8.35. The van der Waals surface area contributed by atoms with Crippen LogP contribution in [0.5, 0.6) is 5.75 Å². The number of aliphatic hydroxyl groups is 4. The Morgan fingerprint density at radius 1 is 1.03 bits per heavy atom. The highest BCUT2D eigenvalue weighted by Crippen LogP contribution is 2.60. The minimum atomic E-state index is -1.29. The smallest absolute Gasteiger partial charge is 0.228 e. The molecule has 0 spiro atoms. The van der Waals surface area contributed by atoms with E-state index in [1.54, 1.807) is 0 Å². The van der Waals surface area contributed by atoms with Gasteiger partial charge in [0.05, 0.1) is 12.7 Å². The van der Waals surface area contributed by atoms with Crippen molar-refractivity contribution in [3.8, 4) is 5.75 Å². The van der Waals surface area contributed by atoms with Crippen LogP contribution in [0.15, 0.2) is 18.2 Å². The van der Waals surface area contributed by atoms with E-state index in [1.807, 2.05) is 12.1 Å². The number of hydrogen-bond donors (Lipinski definition) is 4. The second kappa shape index (κ2) is 7.20. The molecule has 5 rings (SSSR count). The third kappa shape index (κ3) is 3.12. The van der Waals surface area contributed by atoms with Crippen LogP contribution in [0.1, 0.15) is 56.1 Å². The van der Waals surface area contributed by atoms with E-state index < -0.39 is 24.6 Å². The largest absolute Gasteiger partial charge is 0.462 e. The summed E-state index contributed by atoms with van der Waals surface area (Å²) in [6, 6.07) is 6.11. The Kier molecular flexibility index (Phi) is 4.91. The first kappa shape index (κ1) is 19.8. The molecule has 160 valence electrons. The van der Waals surface area contributed by atoms with Crippen molar-refractivity contribution in [2.75, 3.05) is 6.61 Å². The molecule has 3 unspecified atom stereocenters. The van der Waals surface area contributed by atoms with Crippen LogP contribution in [-0.4, -0.2) is 57.7 Å². The number of hydrogen-bond acceptors (Lipinski definition) is 6. The van der Waals surface area contributed by atoms with E-state index in [2.05, 4.69) is 13.0 Å². The lowest BCUT2D eigenvalue weighted by Crippen LogP contribution is -2.54. The fourth-order valence-electron chi connectivity index (χ4n) is 6.62. The molecule has 4 aliphatic rings. The standard InChI is InChI=1S/C23H32O6/c1-23-9-8-15-14-5-3-13(29-22-21(27)20(26)18(24)11-28-22)10-12(14)2-4-16(15)17(23)6-7-19(23)25/h3,5,10,15-22,24-27H,2,4,6-9,11H2,1H3/t15?,16?,17?,18-,19+,20+,21-,22+,23+/m1/s1. The first-order valence-corrected chi connectivity index (χ1v) is 11.0. The van der Waals surface area contributed by atoms with Gasteiger partial charge in [0, 0.05) is 0 Å². The predicted octanol–water partition coefficient (Wildman–Crippen LogP) is 1.72. The quantitative estimate of drug-likeness (QED) is 0.599. The maximum absolute atomic E-state index is 10.5. The van der Waals surface area contributed by atoms with Crippen LogP contribution < -0.4 is 4.74 Å². The van der Waals surface area contributed by atoms with Crippen molar-refractivity contribution in [3.05, 3.63) is 29.3 Å². The van der Waals surface area contributed by atoms with Crippen molar-refractivity contribution >= 4 is 0 Å². The lowest BCUT2D eigenvalue weighted by atomic mass is 9.55. The van der Waals surface area contributed by atoms with Crippen LogP contribution in [0.3, 0.4) is 0 Å². The van der Waals surface area contributed by atoms with Gasteiger partial charge < -0.3 is 29.9 Å².